The minimum Gasteiger partial charge on any atom is -0.497 e. The molecule has 1 atom stereocenters. The van der Waals surface area contributed by atoms with E-state index < -0.39 is 16.1 Å². The zero-order chi connectivity index (χ0) is 18.9. The number of amides is 1. The molecular formula is C18H27N3O4S. The number of methoxy groups -OCH3 is 1. The van der Waals surface area contributed by atoms with Crippen molar-refractivity contribution in [2.24, 2.45) is 0 Å². The van der Waals surface area contributed by atoms with Gasteiger partial charge in [0.2, 0.25) is 15.9 Å². The first-order chi connectivity index (χ1) is 12.3. The van der Waals surface area contributed by atoms with Crippen LogP contribution in [0.4, 0.5) is 0 Å². The molecule has 0 aromatic heterocycles. The van der Waals surface area contributed by atoms with E-state index in [2.05, 4.69) is 4.90 Å². The molecule has 2 aliphatic heterocycles. The normalized spacial score (nSPS) is 22.6. The molecule has 7 nitrogen and oxygen atoms in total. The lowest BCUT2D eigenvalue weighted by atomic mass is 10.2. The molecule has 2 fully saturated rings. The fourth-order valence-electron chi connectivity index (χ4n) is 3.62. The first-order valence-corrected chi connectivity index (χ1v) is 10.4. The van der Waals surface area contributed by atoms with Gasteiger partial charge >= 0.3 is 0 Å². The zero-order valence-electron chi connectivity index (χ0n) is 15.6. The number of carbonyl (C=O) groups is 1. The Bertz CT molecular complexity index is 773. The number of rotatable bonds is 4. The second-order valence-corrected chi connectivity index (χ2v) is 8.89. The molecule has 0 radical (unpaired) electrons. The van der Waals surface area contributed by atoms with Crippen LogP contribution in [0.3, 0.4) is 0 Å². The summed E-state index contributed by atoms with van der Waals surface area (Å²) in [5, 5.41) is 0. The molecule has 1 aromatic rings. The maximum absolute atomic E-state index is 13.3. The minimum atomic E-state index is -3.75. The van der Waals surface area contributed by atoms with Crippen molar-refractivity contribution in [2.45, 2.75) is 30.7 Å². The standard InChI is InChI=1S/C18H27N3O4S/c1-14-6-7-15(25-3)13-17(14)26(23,24)21-8-4-5-16(21)18(22)20-11-9-19(2)10-12-20/h6-7,13,16H,4-5,8-12H2,1-3H3/t16-/m0/s1. The molecule has 1 amide bonds. The molecule has 2 heterocycles. The first kappa shape index (κ1) is 19.1. The highest BCUT2D eigenvalue weighted by Crippen LogP contribution is 2.31. The first-order valence-electron chi connectivity index (χ1n) is 8.98. The summed E-state index contributed by atoms with van der Waals surface area (Å²) in [6, 6.07) is 4.42. The number of likely N-dealkylation sites (N-methyl/N-ethyl adjacent to an activating group) is 1. The van der Waals surface area contributed by atoms with Crippen molar-refractivity contribution in [3.8, 4) is 5.75 Å². The predicted molar refractivity (Wildman–Crippen MR) is 98.7 cm³/mol. The van der Waals surface area contributed by atoms with Crippen molar-refractivity contribution in [3.63, 3.8) is 0 Å². The summed E-state index contributed by atoms with van der Waals surface area (Å²) in [6.45, 7) is 5.08. The van der Waals surface area contributed by atoms with Crippen LogP contribution in [0.1, 0.15) is 18.4 Å². The van der Waals surface area contributed by atoms with E-state index in [0.29, 0.717) is 43.8 Å². The highest BCUT2D eigenvalue weighted by atomic mass is 32.2. The molecule has 0 N–H and O–H groups in total. The Morgan fingerprint density at radius 1 is 1.15 bits per heavy atom. The Kier molecular flexibility index (Phi) is 5.55. The molecule has 0 aliphatic carbocycles. The van der Waals surface area contributed by atoms with Gasteiger partial charge in [0, 0.05) is 38.8 Å². The van der Waals surface area contributed by atoms with Gasteiger partial charge < -0.3 is 14.5 Å². The number of aryl methyl sites for hydroxylation is 1. The predicted octanol–water partition coefficient (Wildman–Crippen LogP) is 0.931. The van der Waals surface area contributed by atoms with Gasteiger partial charge in [-0.05, 0) is 38.4 Å². The van der Waals surface area contributed by atoms with Crippen LogP contribution in [0.25, 0.3) is 0 Å². The van der Waals surface area contributed by atoms with Gasteiger partial charge in [-0.25, -0.2) is 8.42 Å². The van der Waals surface area contributed by atoms with Crippen LogP contribution < -0.4 is 4.74 Å². The Hall–Kier alpha value is -1.64. The van der Waals surface area contributed by atoms with Crippen molar-refractivity contribution < 1.29 is 17.9 Å². The third-order valence-electron chi connectivity index (χ3n) is 5.29. The summed E-state index contributed by atoms with van der Waals surface area (Å²) in [6.07, 6.45) is 1.28. The highest BCUT2D eigenvalue weighted by Gasteiger charge is 2.42. The lowest BCUT2D eigenvalue weighted by molar-refractivity contribution is -0.136. The fourth-order valence-corrected chi connectivity index (χ4v) is 5.52. The van der Waals surface area contributed by atoms with E-state index in [1.165, 1.54) is 11.4 Å². The number of hydrogen-bond donors (Lipinski definition) is 0. The third kappa shape index (κ3) is 3.58. The van der Waals surface area contributed by atoms with Crippen molar-refractivity contribution in [3.05, 3.63) is 23.8 Å². The van der Waals surface area contributed by atoms with E-state index in [1.54, 1.807) is 30.0 Å². The van der Waals surface area contributed by atoms with E-state index in [0.717, 1.165) is 13.1 Å². The van der Waals surface area contributed by atoms with Gasteiger partial charge in [-0.3, -0.25) is 4.79 Å². The second-order valence-electron chi connectivity index (χ2n) is 7.03. The summed E-state index contributed by atoms with van der Waals surface area (Å²) in [7, 11) is -0.212. The van der Waals surface area contributed by atoms with Gasteiger partial charge in [-0.15, -0.1) is 0 Å². The van der Waals surface area contributed by atoms with Gasteiger partial charge in [0.15, 0.2) is 0 Å². The van der Waals surface area contributed by atoms with Gasteiger partial charge in [-0.1, -0.05) is 6.07 Å². The number of benzene rings is 1. The van der Waals surface area contributed by atoms with Gasteiger partial charge in [0.05, 0.1) is 12.0 Å². The number of nitrogens with zero attached hydrogens (tertiary/aromatic N) is 3. The number of ether oxygens (including phenoxy) is 1. The summed E-state index contributed by atoms with van der Waals surface area (Å²) in [5.41, 5.74) is 0.656. The molecule has 2 saturated heterocycles. The zero-order valence-corrected chi connectivity index (χ0v) is 16.5. The molecule has 144 valence electrons. The molecule has 0 saturated carbocycles. The molecule has 1 aromatic carbocycles. The maximum Gasteiger partial charge on any atom is 0.244 e. The van der Waals surface area contributed by atoms with E-state index in [9.17, 15) is 13.2 Å². The number of hydrogen-bond acceptors (Lipinski definition) is 5. The van der Waals surface area contributed by atoms with Crippen LogP contribution >= 0.6 is 0 Å². The van der Waals surface area contributed by atoms with Gasteiger partial charge in [0.1, 0.15) is 11.8 Å². The Labute approximate surface area is 155 Å². The molecule has 2 aliphatic rings. The van der Waals surface area contributed by atoms with Crippen LogP contribution in [-0.2, 0) is 14.8 Å². The monoisotopic (exact) mass is 381 g/mol. The van der Waals surface area contributed by atoms with Crippen LogP contribution in [0.5, 0.6) is 5.75 Å². The summed E-state index contributed by atoms with van der Waals surface area (Å²) in [4.78, 5) is 17.2. The topological polar surface area (TPSA) is 70.2 Å². The Morgan fingerprint density at radius 2 is 1.85 bits per heavy atom. The van der Waals surface area contributed by atoms with Crippen LogP contribution in [0.15, 0.2) is 23.1 Å². The van der Waals surface area contributed by atoms with E-state index in [4.69, 9.17) is 4.74 Å². The summed E-state index contributed by atoms with van der Waals surface area (Å²) in [5.74, 6) is 0.426. The van der Waals surface area contributed by atoms with Crippen molar-refractivity contribution in [1.82, 2.24) is 14.1 Å². The summed E-state index contributed by atoms with van der Waals surface area (Å²) >= 11 is 0. The molecule has 0 unspecified atom stereocenters. The van der Waals surface area contributed by atoms with Crippen molar-refractivity contribution >= 4 is 15.9 Å². The van der Waals surface area contributed by atoms with Crippen molar-refractivity contribution in [1.29, 1.82) is 0 Å². The smallest absolute Gasteiger partial charge is 0.244 e. The van der Waals surface area contributed by atoms with Gasteiger partial charge in [-0.2, -0.15) is 4.31 Å². The van der Waals surface area contributed by atoms with E-state index in [1.807, 2.05) is 7.05 Å². The minimum absolute atomic E-state index is 0.0697. The molecule has 0 bridgehead atoms. The second kappa shape index (κ2) is 7.54. The number of piperazine rings is 1. The quantitative estimate of drug-likeness (QED) is 0.776. The van der Waals surface area contributed by atoms with Crippen LogP contribution in [0.2, 0.25) is 0 Å². The average Bonchev–Trinajstić information content (AvgIpc) is 3.12. The molecule has 3 rings (SSSR count). The van der Waals surface area contributed by atoms with Gasteiger partial charge in [0.25, 0.3) is 0 Å². The fraction of sp³-hybridized carbons (Fsp3) is 0.611. The summed E-state index contributed by atoms with van der Waals surface area (Å²) < 4.78 is 33.1. The van der Waals surface area contributed by atoms with E-state index in [-0.39, 0.29) is 10.8 Å². The van der Waals surface area contributed by atoms with E-state index >= 15 is 0 Å². The van der Waals surface area contributed by atoms with Crippen LogP contribution in [-0.4, -0.2) is 81.4 Å². The molecule has 8 heteroatoms. The Balaban J connectivity index is 1.86. The maximum atomic E-state index is 13.3. The lowest BCUT2D eigenvalue weighted by Gasteiger charge is -2.35. The van der Waals surface area contributed by atoms with Crippen molar-refractivity contribution in [2.75, 3.05) is 46.9 Å². The number of carbonyl (C=O) groups excluding carboxylic acids is 1. The molecular weight excluding hydrogens is 354 g/mol. The largest absolute Gasteiger partial charge is 0.497 e. The van der Waals surface area contributed by atoms with Crippen LogP contribution in [0, 0.1) is 6.92 Å². The highest BCUT2D eigenvalue weighted by molar-refractivity contribution is 7.89. The third-order valence-corrected chi connectivity index (χ3v) is 7.34. The molecule has 0 spiro atoms. The lowest BCUT2D eigenvalue weighted by Crippen LogP contribution is -2.53. The SMILES string of the molecule is COc1ccc(C)c(S(=O)(=O)N2CCC[C@H]2C(=O)N2CCN(C)CC2)c1. The molecule has 26 heavy (non-hydrogen) atoms. The average molecular weight is 381 g/mol. The Morgan fingerprint density at radius 3 is 2.50 bits per heavy atom. The number of sulfonamides is 1.